The molecule has 0 aliphatic heterocycles. The van der Waals surface area contributed by atoms with Crippen LogP contribution >= 0.6 is 11.8 Å². The summed E-state index contributed by atoms with van der Waals surface area (Å²) in [6, 6.07) is 16.3. The van der Waals surface area contributed by atoms with Gasteiger partial charge < -0.3 is 0 Å². The molecule has 3 rings (SSSR count). The van der Waals surface area contributed by atoms with E-state index in [4.69, 9.17) is 5.26 Å². The first-order valence-electron chi connectivity index (χ1n) is 7.39. The third-order valence-corrected chi connectivity index (χ3v) is 4.62. The predicted molar refractivity (Wildman–Crippen MR) is 97.6 cm³/mol. The summed E-state index contributed by atoms with van der Waals surface area (Å²) in [5.41, 5.74) is 2.82. The zero-order valence-electron chi connectivity index (χ0n) is 13.2. The minimum atomic E-state index is -0.116. The monoisotopic (exact) mass is 333 g/mol. The number of thioether (sulfide) groups is 1. The van der Waals surface area contributed by atoms with E-state index in [1.165, 1.54) is 11.8 Å². The molecule has 2 aromatic carbocycles. The Labute approximate surface area is 144 Å². The van der Waals surface area contributed by atoms with Crippen LogP contribution in [0, 0.1) is 11.3 Å². The summed E-state index contributed by atoms with van der Waals surface area (Å²) in [6.45, 7) is 5.85. The number of rotatable bonds is 4. The molecule has 0 unspecified atom stereocenters. The van der Waals surface area contributed by atoms with Gasteiger partial charge in [0.15, 0.2) is 5.16 Å². The summed E-state index contributed by atoms with van der Waals surface area (Å²) in [5.74, 6) is 0.682. The van der Waals surface area contributed by atoms with E-state index in [0.717, 1.165) is 5.57 Å². The molecule has 24 heavy (non-hydrogen) atoms. The van der Waals surface area contributed by atoms with Crippen LogP contribution in [0.4, 0.5) is 0 Å². The second-order valence-corrected chi connectivity index (χ2v) is 6.40. The minimum Gasteiger partial charge on any atom is -0.268 e. The molecule has 4 nitrogen and oxygen atoms in total. The van der Waals surface area contributed by atoms with E-state index in [9.17, 15) is 4.79 Å². The lowest BCUT2D eigenvalue weighted by atomic mass is 10.2. The highest BCUT2D eigenvalue weighted by Crippen LogP contribution is 2.22. The minimum absolute atomic E-state index is 0.116. The van der Waals surface area contributed by atoms with Gasteiger partial charge in [-0.3, -0.25) is 9.36 Å². The van der Waals surface area contributed by atoms with Gasteiger partial charge in [0, 0.05) is 5.75 Å². The number of aromatic nitrogens is 2. The maximum absolute atomic E-state index is 13.0. The molecular formula is C19H15N3OS. The van der Waals surface area contributed by atoms with Gasteiger partial charge in [-0.2, -0.15) is 5.26 Å². The summed E-state index contributed by atoms with van der Waals surface area (Å²) in [6.07, 6.45) is 0. The number of hydrogen-bond donors (Lipinski definition) is 0. The topological polar surface area (TPSA) is 58.7 Å². The van der Waals surface area contributed by atoms with Gasteiger partial charge in [-0.25, -0.2) is 4.98 Å². The molecule has 0 saturated heterocycles. The van der Waals surface area contributed by atoms with Crippen molar-refractivity contribution in [3.63, 3.8) is 0 Å². The molecule has 3 aromatic rings. The fourth-order valence-corrected chi connectivity index (χ4v) is 3.17. The van der Waals surface area contributed by atoms with E-state index in [-0.39, 0.29) is 5.56 Å². The van der Waals surface area contributed by atoms with Crippen molar-refractivity contribution in [2.24, 2.45) is 0 Å². The molecule has 0 atom stereocenters. The lowest BCUT2D eigenvalue weighted by molar-refractivity contribution is 0.820. The van der Waals surface area contributed by atoms with E-state index >= 15 is 0 Å². The Morgan fingerprint density at radius 2 is 1.96 bits per heavy atom. The van der Waals surface area contributed by atoms with Crippen molar-refractivity contribution in [1.29, 1.82) is 5.26 Å². The van der Waals surface area contributed by atoms with Crippen LogP contribution in [0.2, 0.25) is 0 Å². The van der Waals surface area contributed by atoms with Crippen LogP contribution in [0.15, 0.2) is 70.6 Å². The lowest BCUT2D eigenvalue weighted by Crippen LogP contribution is -2.21. The Morgan fingerprint density at radius 3 is 2.62 bits per heavy atom. The number of hydrogen-bond acceptors (Lipinski definition) is 4. The summed E-state index contributed by atoms with van der Waals surface area (Å²) >= 11 is 1.48. The van der Waals surface area contributed by atoms with Crippen LogP contribution in [0.25, 0.3) is 16.6 Å². The number of benzene rings is 2. The fourth-order valence-electron chi connectivity index (χ4n) is 2.31. The summed E-state index contributed by atoms with van der Waals surface area (Å²) in [4.78, 5) is 17.6. The van der Waals surface area contributed by atoms with Gasteiger partial charge in [0.1, 0.15) is 0 Å². The van der Waals surface area contributed by atoms with Crippen molar-refractivity contribution >= 4 is 22.7 Å². The molecule has 5 heteroatoms. The Balaban J connectivity index is 2.23. The van der Waals surface area contributed by atoms with Crippen LogP contribution < -0.4 is 5.56 Å². The van der Waals surface area contributed by atoms with Gasteiger partial charge in [0.25, 0.3) is 5.56 Å². The standard InChI is InChI=1S/C19H15N3OS/c1-13(2)12-24-19-21-17-6-4-3-5-16(17)18(23)22(19)15-9-7-14(11-20)8-10-15/h3-10H,1,12H2,2H3. The van der Waals surface area contributed by atoms with Crippen molar-refractivity contribution in [1.82, 2.24) is 9.55 Å². The van der Waals surface area contributed by atoms with E-state index in [0.29, 0.717) is 33.1 Å². The first kappa shape index (κ1) is 16.0. The van der Waals surface area contributed by atoms with Gasteiger partial charge in [-0.05, 0) is 43.3 Å². The van der Waals surface area contributed by atoms with Gasteiger partial charge in [0.2, 0.25) is 0 Å². The third-order valence-electron chi connectivity index (χ3n) is 3.45. The van der Waals surface area contributed by atoms with E-state index in [1.807, 2.05) is 25.1 Å². The Hall–Kier alpha value is -2.84. The number of nitrogens with zero attached hydrogens (tertiary/aromatic N) is 3. The Morgan fingerprint density at radius 1 is 1.25 bits per heavy atom. The zero-order chi connectivity index (χ0) is 17.1. The van der Waals surface area contributed by atoms with Crippen LogP contribution in [0.1, 0.15) is 12.5 Å². The highest BCUT2D eigenvalue weighted by molar-refractivity contribution is 7.99. The van der Waals surface area contributed by atoms with Crippen molar-refractivity contribution < 1.29 is 0 Å². The van der Waals surface area contributed by atoms with Crippen LogP contribution in [-0.2, 0) is 0 Å². The SMILES string of the molecule is C=C(C)CSc1nc2ccccc2c(=O)n1-c1ccc(C#N)cc1. The molecular weight excluding hydrogens is 318 g/mol. The average molecular weight is 333 g/mol. The number of nitriles is 1. The van der Waals surface area contributed by atoms with Crippen molar-refractivity contribution in [3.05, 3.63) is 76.6 Å². The molecule has 0 radical (unpaired) electrons. The first-order valence-corrected chi connectivity index (χ1v) is 8.38. The summed E-state index contributed by atoms with van der Waals surface area (Å²) < 4.78 is 1.59. The van der Waals surface area contributed by atoms with Crippen molar-refractivity contribution in [2.75, 3.05) is 5.75 Å². The number of fused-ring (bicyclic) bond motifs is 1. The molecule has 0 N–H and O–H groups in total. The highest BCUT2D eigenvalue weighted by atomic mass is 32.2. The normalized spacial score (nSPS) is 10.5. The third kappa shape index (κ3) is 3.10. The van der Waals surface area contributed by atoms with E-state index in [2.05, 4.69) is 17.6 Å². The first-order chi connectivity index (χ1) is 11.6. The van der Waals surface area contributed by atoms with Crippen molar-refractivity contribution in [2.45, 2.75) is 12.1 Å². The Bertz CT molecular complexity index is 1010. The van der Waals surface area contributed by atoms with Crippen LogP contribution in [0.3, 0.4) is 0 Å². The van der Waals surface area contributed by atoms with Crippen molar-refractivity contribution in [3.8, 4) is 11.8 Å². The predicted octanol–water partition coefficient (Wildman–Crippen LogP) is 3.93. The maximum atomic E-state index is 13.0. The zero-order valence-corrected chi connectivity index (χ0v) is 14.0. The molecule has 0 aliphatic carbocycles. The molecule has 1 aromatic heterocycles. The largest absolute Gasteiger partial charge is 0.268 e. The molecule has 0 amide bonds. The fraction of sp³-hybridized carbons (Fsp3) is 0.105. The maximum Gasteiger partial charge on any atom is 0.266 e. The molecule has 0 bridgehead atoms. The van der Waals surface area contributed by atoms with Crippen LogP contribution in [0.5, 0.6) is 0 Å². The second-order valence-electron chi connectivity index (χ2n) is 5.46. The van der Waals surface area contributed by atoms with E-state index < -0.39 is 0 Å². The smallest absolute Gasteiger partial charge is 0.266 e. The molecule has 0 aliphatic rings. The molecule has 0 fully saturated rings. The van der Waals surface area contributed by atoms with Gasteiger partial charge in [-0.1, -0.05) is 36.0 Å². The summed E-state index contributed by atoms with van der Waals surface area (Å²) in [7, 11) is 0. The average Bonchev–Trinajstić information content (AvgIpc) is 2.60. The van der Waals surface area contributed by atoms with Gasteiger partial charge >= 0.3 is 0 Å². The summed E-state index contributed by atoms with van der Waals surface area (Å²) in [5, 5.41) is 10.1. The Kier molecular flexibility index (Phi) is 4.50. The van der Waals surface area contributed by atoms with E-state index in [1.54, 1.807) is 34.9 Å². The second kappa shape index (κ2) is 6.73. The number of para-hydroxylation sites is 1. The highest BCUT2D eigenvalue weighted by Gasteiger charge is 2.13. The van der Waals surface area contributed by atoms with Gasteiger partial charge in [0.05, 0.1) is 28.2 Å². The van der Waals surface area contributed by atoms with Crippen LogP contribution in [-0.4, -0.2) is 15.3 Å². The quantitative estimate of drug-likeness (QED) is 0.412. The molecule has 118 valence electrons. The molecule has 0 spiro atoms. The molecule has 0 saturated carbocycles. The molecule has 1 heterocycles. The van der Waals surface area contributed by atoms with Gasteiger partial charge in [-0.15, -0.1) is 0 Å². The lowest BCUT2D eigenvalue weighted by Gasteiger charge is -2.13.